The molecule has 2 heterocycles. The van der Waals surface area contributed by atoms with Crippen molar-refractivity contribution < 1.29 is 22.7 Å². The van der Waals surface area contributed by atoms with Crippen LogP contribution in [0.4, 0.5) is 40.8 Å². The summed E-state index contributed by atoms with van der Waals surface area (Å²) in [7, 11) is 0. The van der Waals surface area contributed by atoms with Crippen molar-refractivity contribution in [1.29, 1.82) is 0 Å². The molecule has 1 aliphatic heterocycles. The molecule has 40 heavy (non-hydrogen) atoms. The minimum absolute atomic E-state index is 0.162. The van der Waals surface area contributed by atoms with E-state index in [-0.39, 0.29) is 6.54 Å². The molecule has 1 aromatic heterocycles. The van der Waals surface area contributed by atoms with Crippen molar-refractivity contribution in [2.75, 3.05) is 42.2 Å². The highest BCUT2D eigenvalue weighted by atomic mass is 19.3. The normalized spacial score (nSPS) is 14.3. The van der Waals surface area contributed by atoms with Gasteiger partial charge in [-0.25, -0.2) is 27.9 Å². The van der Waals surface area contributed by atoms with Gasteiger partial charge in [0.15, 0.2) is 0 Å². The molecular formula is C29H29F3N6O2. The Bertz CT molecular complexity index is 1450. The minimum atomic E-state index is -2.30. The van der Waals surface area contributed by atoms with Crippen molar-refractivity contribution in [3.8, 4) is 5.75 Å². The first-order chi connectivity index (χ1) is 19.4. The number of hydrogen-bond donors (Lipinski definition) is 3. The Morgan fingerprint density at radius 3 is 2.45 bits per heavy atom. The Labute approximate surface area is 229 Å². The number of benzene rings is 3. The number of carbonyl (C=O) groups excluding carboxylic acids is 1. The molecule has 0 bridgehead atoms. The van der Waals surface area contributed by atoms with Gasteiger partial charge in [-0.1, -0.05) is 6.07 Å². The second-order valence-electron chi connectivity index (χ2n) is 9.64. The van der Waals surface area contributed by atoms with Gasteiger partial charge in [-0.2, -0.15) is 0 Å². The summed E-state index contributed by atoms with van der Waals surface area (Å²) < 4.78 is 44.5. The standard InChI is InChI=1S/C29H29F3N6O2/c30-20-2-1-3-23(14-20)37-29(39)36-22-6-4-21(5-7-22)35-28-25-9-8-24(15-26(25)33-18-34-28)40-17-19-10-12-38(13-11-19)16-27(31)32/h1-9,14-15,18-19,27H,10-13,16-17H2,(H,33,34,35)(H2,36,37,39). The van der Waals surface area contributed by atoms with Gasteiger partial charge in [-0.3, -0.25) is 4.90 Å². The Kier molecular flexibility index (Phi) is 8.60. The number of aromatic nitrogens is 2. The van der Waals surface area contributed by atoms with E-state index in [4.69, 9.17) is 4.74 Å². The topological polar surface area (TPSA) is 91.4 Å². The first-order valence-electron chi connectivity index (χ1n) is 13.0. The lowest BCUT2D eigenvalue weighted by Gasteiger charge is -2.31. The monoisotopic (exact) mass is 550 g/mol. The van der Waals surface area contributed by atoms with E-state index >= 15 is 0 Å². The quantitative estimate of drug-likeness (QED) is 0.220. The maximum absolute atomic E-state index is 13.3. The van der Waals surface area contributed by atoms with Gasteiger partial charge in [0.25, 0.3) is 6.43 Å². The molecule has 1 saturated heterocycles. The highest BCUT2D eigenvalue weighted by Crippen LogP contribution is 2.28. The number of carbonyl (C=O) groups is 1. The van der Waals surface area contributed by atoms with Crippen LogP contribution in [-0.4, -0.2) is 53.6 Å². The van der Waals surface area contributed by atoms with E-state index in [1.54, 1.807) is 35.2 Å². The van der Waals surface area contributed by atoms with Crippen LogP contribution in [0.1, 0.15) is 12.8 Å². The van der Waals surface area contributed by atoms with E-state index in [2.05, 4.69) is 25.9 Å². The molecular weight excluding hydrogens is 521 g/mol. The number of halogens is 3. The summed E-state index contributed by atoms with van der Waals surface area (Å²) in [6.07, 6.45) is 0.848. The van der Waals surface area contributed by atoms with E-state index < -0.39 is 18.3 Å². The summed E-state index contributed by atoms with van der Waals surface area (Å²) in [4.78, 5) is 22.8. The first kappa shape index (κ1) is 27.2. The number of anilines is 4. The SMILES string of the molecule is O=C(Nc1ccc(Nc2ncnc3cc(OCC4CCN(CC(F)F)CC4)ccc23)cc1)Nc1cccc(F)c1. The van der Waals surface area contributed by atoms with Gasteiger partial charge < -0.3 is 20.7 Å². The van der Waals surface area contributed by atoms with Crippen LogP contribution in [0, 0.1) is 11.7 Å². The van der Waals surface area contributed by atoms with Crippen LogP contribution in [0.25, 0.3) is 10.9 Å². The number of likely N-dealkylation sites (tertiary alicyclic amines) is 1. The van der Waals surface area contributed by atoms with Crippen LogP contribution >= 0.6 is 0 Å². The molecule has 3 aromatic carbocycles. The molecule has 208 valence electrons. The zero-order valence-electron chi connectivity index (χ0n) is 21.6. The summed E-state index contributed by atoms with van der Waals surface area (Å²) in [6, 6.07) is 17.9. The second-order valence-corrected chi connectivity index (χ2v) is 9.64. The second kappa shape index (κ2) is 12.6. The van der Waals surface area contributed by atoms with E-state index in [0.717, 1.165) is 23.9 Å². The molecule has 0 saturated carbocycles. The summed E-state index contributed by atoms with van der Waals surface area (Å²) in [5, 5.41) is 9.38. The van der Waals surface area contributed by atoms with E-state index in [0.29, 0.717) is 54.1 Å². The third kappa shape index (κ3) is 7.38. The number of nitrogens with one attached hydrogen (secondary N) is 3. The highest BCUT2D eigenvalue weighted by Gasteiger charge is 2.22. The fraction of sp³-hybridized carbons (Fsp3) is 0.276. The number of piperidine rings is 1. The molecule has 3 N–H and O–H groups in total. The van der Waals surface area contributed by atoms with Crippen LogP contribution in [0.5, 0.6) is 5.75 Å². The predicted molar refractivity (Wildman–Crippen MR) is 149 cm³/mol. The third-order valence-electron chi connectivity index (χ3n) is 6.69. The maximum Gasteiger partial charge on any atom is 0.323 e. The smallest absolute Gasteiger partial charge is 0.323 e. The zero-order chi connectivity index (χ0) is 27.9. The fourth-order valence-corrected chi connectivity index (χ4v) is 4.60. The van der Waals surface area contributed by atoms with Crippen LogP contribution in [0.2, 0.25) is 0 Å². The Balaban J connectivity index is 1.15. The fourth-order valence-electron chi connectivity index (χ4n) is 4.60. The summed E-state index contributed by atoms with van der Waals surface area (Å²) in [5.41, 5.74) is 2.39. The number of amides is 2. The van der Waals surface area contributed by atoms with Gasteiger partial charge in [0, 0.05) is 28.5 Å². The molecule has 1 fully saturated rings. The summed E-state index contributed by atoms with van der Waals surface area (Å²) in [5.74, 6) is 1.21. The van der Waals surface area contributed by atoms with Crippen molar-refractivity contribution in [2.45, 2.75) is 19.3 Å². The van der Waals surface area contributed by atoms with Crippen LogP contribution in [-0.2, 0) is 0 Å². The molecule has 11 heteroatoms. The number of urea groups is 1. The van der Waals surface area contributed by atoms with Crippen molar-refractivity contribution in [3.05, 3.63) is 78.9 Å². The molecule has 2 amide bonds. The van der Waals surface area contributed by atoms with Gasteiger partial charge >= 0.3 is 6.03 Å². The lowest BCUT2D eigenvalue weighted by molar-refractivity contribution is 0.0620. The van der Waals surface area contributed by atoms with E-state index in [1.807, 2.05) is 18.2 Å². The number of rotatable bonds is 9. The van der Waals surface area contributed by atoms with Crippen molar-refractivity contribution in [2.24, 2.45) is 5.92 Å². The Morgan fingerprint density at radius 2 is 1.70 bits per heavy atom. The van der Waals surface area contributed by atoms with Gasteiger partial charge in [0.2, 0.25) is 0 Å². The number of ether oxygens (including phenoxy) is 1. The van der Waals surface area contributed by atoms with Crippen molar-refractivity contribution >= 4 is 39.8 Å². The summed E-state index contributed by atoms with van der Waals surface area (Å²) >= 11 is 0. The average molecular weight is 551 g/mol. The number of hydrogen-bond acceptors (Lipinski definition) is 6. The third-order valence-corrected chi connectivity index (χ3v) is 6.69. The van der Waals surface area contributed by atoms with Crippen LogP contribution in [0.15, 0.2) is 73.1 Å². The van der Waals surface area contributed by atoms with Crippen molar-refractivity contribution in [1.82, 2.24) is 14.9 Å². The van der Waals surface area contributed by atoms with Gasteiger partial charge in [0.05, 0.1) is 18.7 Å². The van der Waals surface area contributed by atoms with Gasteiger partial charge in [-0.15, -0.1) is 0 Å². The molecule has 0 atom stereocenters. The van der Waals surface area contributed by atoms with Crippen molar-refractivity contribution in [3.63, 3.8) is 0 Å². The van der Waals surface area contributed by atoms with Gasteiger partial charge in [-0.05, 0) is 86.4 Å². The predicted octanol–water partition coefficient (Wildman–Crippen LogP) is 6.51. The first-order valence-corrected chi connectivity index (χ1v) is 13.0. The van der Waals surface area contributed by atoms with E-state index in [9.17, 15) is 18.0 Å². The molecule has 1 aliphatic rings. The molecule has 0 radical (unpaired) electrons. The zero-order valence-corrected chi connectivity index (χ0v) is 21.6. The van der Waals surface area contributed by atoms with E-state index in [1.165, 1.54) is 24.5 Å². The lowest BCUT2D eigenvalue weighted by Crippen LogP contribution is -2.38. The number of alkyl halides is 2. The lowest BCUT2D eigenvalue weighted by atomic mass is 9.98. The molecule has 0 spiro atoms. The summed E-state index contributed by atoms with van der Waals surface area (Å²) in [6.45, 7) is 1.70. The molecule has 8 nitrogen and oxygen atoms in total. The molecule has 5 rings (SSSR count). The highest BCUT2D eigenvalue weighted by molar-refractivity contribution is 6.00. The van der Waals surface area contributed by atoms with Crippen LogP contribution in [0.3, 0.4) is 0 Å². The maximum atomic E-state index is 13.3. The molecule has 0 aliphatic carbocycles. The molecule has 4 aromatic rings. The Hall–Kier alpha value is -4.38. The van der Waals surface area contributed by atoms with Gasteiger partial charge in [0.1, 0.15) is 23.7 Å². The number of fused-ring (bicyclic) bond motifs is 1. The molecule has 0 unspecified atom stereocenters. The number of nitrogens with zero attached hydrogens (tertiary/aromatic N) is 3. The largest absolute Gasteiger partial charge is 0.493 e. The average Bonchev–Trinajstić information content (AvgIpc) is 2.93. The Morgan fingerprint density at radius 1 is 0.950 bits per heavy atom. The minimum Gasteiger partial charge on any atom is -0.493 e. The van der Waals surface area contributed by atoms with Crippen LogP contribution < -0.4 is 20.7 Å².